The third-order valence-corrected chi connectivity index (χ3v) is 5.75. The summed E-state index contributed by atoms with van der Waals surface area (Å²) in [6, 6.07) is 9.93. The minimum absolute atomic E-state index is 0.0201. The summed E-state index contributed by atoms with van der Waals surface area (Å²) in [7, 11) is 1.72. The van der Waals surface area contributed by atoms with Gasteiger partial charge in [-0.2, -0.15) is 4.98 Å². The topological polar surface area (TPSA) is 96.5 Å². The van der Waals surface area contributed by atoms with Crippen LogP contribution in [0.15, 0.2) is 47.6 Å². The molecule has 0 aliphatic heterocycles. The summed E-state index contributed by atoms with van der Waals surface area (Å²) in [5, 5.41) is 0. The van der Waals surface area contributed by atoms with Gasteiger partial charge in [0.15, 0.2) is 29.6 Å². The number of carbonyl (C=O) groups is 1. The van der Waals surface area contributed by atoms with Crippen molar-refractivity contribution in [2.75, 3.05) is 22.4 Å². The Balaban J connectivity index is 1.94. The van der Waals surface area contributed by atoms with Gasteiger partial charge in [0.25, 0.3) is 0 Å². The summed E-state index contributed by atoms with van der Waals surface area (Å²) in [4.78, 5) is 25.5. The lowest BCUT2D eigenvalue weighted by Gasteiger charge is -2.23. The van der Waals surface area contributed by atoms with E-state index in [9.17, 15) is 18.0 Å². The van der Waals surface area contributed by atoms with Crippen molar-refractivity contribution in [3.8, 4) is 0 Å². The normalized spacial score (nSPS) is 11.6. The molecule has 34 heavy (non-hydrogen) atoms. The molecular weight excluding hydrogens is 465 g/mol. The standard InChI is InChI=1S/C23H23F3N6OS/c1-13(2)32(3)22-17(10-28-23(27)30-22)29-18(11-33)15-9-16(24)21(20(26)19(15)25)31-34-12-14-7-5-4-6-8-14/h4-11,13,31H,12H2,1-3H3,(H2,27,28,30). The largest absolute Gasteiger partial charge is 0.368 e. The van der Waals surface area contributed by atoms with Crippen LogP contribution in [0.2, 0.25) is 0 Å². The Morgan fingerprint density at radius 2 is 1.94 bits per heavy atom. The molecule has 3 aromatic rings. The zero-order valence-corrected chi connectivity index (χ0v) is 19.5. The van der Waals surface area contributed by atoms with Crippen LogP contribution in [0.4, 0.5) is 36.3 Å². The fourth-order valence-electron chi connectivity index (χ4n) is 2.88. The monoisotopic (exact) mass is 488 g/mol. The van der Waals surface area contributed by atoms with Crippen LogP contribution in [-0.4, -0.2) is 35.1 Å². The van der Waals surface area contributed by atoms with Crippen LogP contribution >= 0.6 is 11.9 Å². The third-order valence-electron chi connectivity index (χ3n) is 4.92. The molecule has 0 spiro atoms. The number of rotatable bonds is 9. The van der Waals surface area contributed by atoms with Crippen LogP contribution < -0.4 is 15.4 Å². The van der Waals surface area contributed by atoms with Gasteiger partial charge in [0.2, 0.25) is 5.95 Å². The predicted octanol–water partition coefficient (Wildman–Crippen LogP) is 4.90. The van der Waals surface area contributed by atoms with E-state index in [4.69, 9.17) is 5.73 Å². The van der Waals surface area contributed by atoms with Gasteiger partial charge in [-0.3, -0.25) is 4.79 Å². The minimum atomic E-state index is -1.46. The number of aldehydes is 1. The van der Waals surface area contributed by atoms with Crippen molar-refractivity contribution in [1.82, 2.24) is 9.97 Å². The molecule has 7 nitrogen and oxygen atoms in total. The molecule has 0 amide bonds. The van der Waals surface area contributed by atoms with Crippen molar-refractivity contribution < 1.29 is 18.0 Å². The fourth-order valence-corrected chi connectivity index (χ4v) is 3.65. The molecule has 1 aromatic heterocycles. The van der Waals surface area contributed by atoms with Gasteiger partial charge in [-0.15, -0.1) is 0 Å². The maximum absolute atomic E-state index is 14.9. The van der Waals surface area contributed by atoms with Gasteiger partial charge in [-0.25, -0.2) is 23.1 Å². The lowest BCUT2D eigenvalue weighted by atomic mass is 10.1. The van der Waals surface area contributed by atoms with Crippen molar-refractivity contribution in [3.63, 3.8) is 0 Å². The van der Waals surface area contributed by atoms with Crippen LogP contribution in [-0.2, 0) is 10.5 Å². The van der Waals surface area contributed by atoms with E-state index in [1.165, 1.54) is 6.20 Å². The van der Waals surface area contributed by atoms with Crippen molar-refractivity contribution >= 4 is 47.1 Å². The number of hydrogen-bond donors (Lipinski definition) is 2. The van der Waals surface area contributed by atoms with Crippen molar-refractivity contribution in [1.29, 1.82) is 0 Å². The summed E-state index contributed by atoms with van der Waals surface area (Å²) in [6.45, 7) is 3.77. The quantitative estimate of drug-likeness (QED) is 0.191. The molecule has 0 saturated heterocycles. The third kappa shape index (κ3) is 5.66. The maximum Gasteiger partial charge on any atom is 0.222 e. The molecular formula is C23H23F3N6OS. The zero-order valence-electron chi connectivity index (χ0n) is 18.7. The lowest BCUT2D eigenvalue weighted by Crippen LogP contribution is -2.27. The molecule has 0 aliphatic carbocycles. The molecule has 1 heterocycles. The van der Waals surface area contributed by atoms with E-state index < -0.39 is 34.4 Å². The van der Waals surface area contributed by atoms with Gasteiger partial charge in [0.1, 0.15) is 17.1 Å². The fraction of sp³-hybridized carbons (Fsp3) is 0.217. The summed E-state index contributed by atoms with van der Waals surface area (Å²) in [5.74, 6) is -3.30. The predicted molar refractivity (Wildman–Crippen MR) is 130 cm³/mol. The van der Waals surface area contributed by atoms with E-state index in [0.717, 1.165) is 23.6 Å². The van der Waals surface area contributed by atoms with Crippen molar-refractivity contribution in [2.24, 2.45) is 4.99 Å². The number of aromatic nitrogens is 2. The van der Waals surface area contributed by atoms with Gasteiger partial charge in [-0.05, 0) is 37.4 Å². The van der Waals surface area contributed by atoms with Crippen LogP contribution in [0.5, 0.6) is 0 Å². The number of nitrogen functional groups attached to an aromatic ring is 1. The number of anilines is 3. The molecule has 3 N–H and O–H groups in total. The highest BCUT2D eigenvalue weighted by Gasteiger charge is 2.23. The van der Waals surface area contributed by atoms with E-state index in [2.05, 4.69) is 19.7 Å². The smallest absolute Gasteiger partial charge is 0.222 e. The highest BCUT2D eigenvalue weighted by Crippen LogP contribution is 2.31. The molecule has 11 heteroatoms. The second-order valence-corrected chi connectivity index (χ2v) is 8.32. The van der Waals surface area contributed by atoms with E-state index in [0.29, 0.717) is 5.75 Å². The van der Waals surface area contributed by atoms with E-state index in [1.54, 1.807) is 11.9 Å². The Bertz CT molecular complexity index is 1210. The number of nitrogens with zero attached hydrogens (tertiary/aromatic N) is 4. The average Bonchev–Trinajstić information content (AvgIpc) is 2.83. The highest BCUT2D eigenvalue weighted by molar-refractivity contribution is 7.99. The zero-order chi connectivity index (χ0) is 24.8. The summed E-state index contributed by atoms with van der Waals surface area (Å²) >= 11 is 0.998. The number of benzene rings is 2. The summed E-state index contributed by atoms with van der Waals surface area (Å²) in [5.41, 5.74) is 4.87. The number of aliphatic imine (C=N–C) groups is 1. The maximum atomic E-state index is 14.9. The first-order valence-corrected chi connectivity index (χ1v) is 11.2. The van der Waals surface area contributed by atoms with E-state index >= 15 is 0 Å². The Morgan fingerprint density at radius 1 is 1.24 bits per heavy atom. The lowest BCUT2D eigenvalue weighted by molar-refractivity contribution is -0.102. The number of carbonyl (C=O) groups excluding carboxylic acids is 1. The van der Waals surface area contributed by atoms with Crippen LogP contribution in [0.25, 0.3) is 0 Å². The molecule has 178 valence electrons. The number of nitrogens with one attached hydrogen (secondary N) is 1. The van der Waals surface area contributed by atoms with Gasteiger partial charge in [-0.1, -0.05) is 30.3 Å². The van der Waals surface area contributed by atoms with E-state index in [-0.39, 0.29) is 29.8 Å². The molecule has 0 radical (unpaired) electrons. The first-order chi connectivity index (χ1) is 16.2. The minimum Gasteiger partial charge on any atom is -0.368 e. The van der Waals surface area contributed by atoms with Gasteiger partial charge in [0.05, 0.1) is 6.20 Å². The molecule has 3 rings (SSSR count). The van der Waals surface area contributed by atoms with E-state index in [1.807, 2.05) is 44.2 Å². The Kier molecular flexibility index (Phi) is 8.11. The Labute approximate surface area is 199 Å². The molecule has 0 aliphatic rings. The highest BCUT2D eigenvalue weighted by atomic mass is 32.2. The van der Waals surface area contributed by atoms with Crippen molar-refractivity contribution in [3.05, 3.63) is 71.2 Å². The summed E-state index contributed by atoms with van der Waals surface area (Å²) < 4.78 is 46.9. The van der Waals surface area contributed by atoms with Crippen LogP contribution in [0, 0.1) is 17.5 Å². The SMILES string of the molecule is CC(C)N(C)c1nc(N)ncc1N=C(C=O)c1cc(F)c(NSCc2ccccc2)c(F)c1F. The first kappa shape index (κ1) is 25.0. The Hall–Kier alpha value is -3.60. The molecule has 0 bridgehead atoms. The van der Waals surface area contributed by atoms with Crippen molar-refractivity contribution in [2.45, 2.75) is 25.6 Å². The van der Waals surface area contributed by atoms with Gasteiger partial charge < -0.3 is 15.4 Å². The molecule has 0 atom stereocenters. The molecule has 0 saturated carbocycles. The Morgan fingerprint density at radius 3 is 2.59 bits per heavy atom. The number of nitrogens with two attached hydrogens (primary N) is 1. The van der Waals surface area contributed by atoms with Crippen LogP contribution in [0.1, 0.15) is 25.0 Å². The first-order valence-electron chi connectivity index (χ1n) is 10.2. The molecule has 0 unspecified atom stereocenters. The second-order valence-electron chi connectivity index (χ2n) is 7.54. The number of halogens is 3. The second kappa shape index (κ2) is 11.0. The van der Waals surface area contributed by atoms with Crippen LogP contribution in [0.3, 0.4) is 0 Å². The molecule has 2 aromatic carbocycles. The number of hydrogen-bond acceptors (Lipinski definition) is 8. The summed E-state index contributed by atoms with van der Waals surface area (Å²) in [6.07, 6.45) is 1.46. The molecule has 0 fully saturated rings. The van der Waals surface area contributed by atoms with Gasteiger partial charge >= 0.3 is 0 Å². The average molecular weight is 489 g/mol. The van der Waals surface area contributed by atoms with Gasteiger partial charge in [0, 0.05) is 24.4 Å².